The highest BCUT2D eigenvalue weighted by Crippen LogP contribution is 2.22. The molecule has 0 saturated carbocycles. The summed E-state index contributed by atoms with van der Waals surface area (Å²) in [7, 11) is 0. The van der Waals surface area contributed by atoms with Crippen LogP contribution in [0.2, 0.25) is 0 Å². The van der Waals surface area contributed by atoms with Crippen molar-refractivity contribution in [2.75, 3.05) is 13.1 Å². The van der Waals surface area contributed by atoms with Gasteiger partial charge in [-0.2, -0.15) is 0 Å². The average molecular weight is 289 g/mol. The molecule has 2 unspecified atom stereocenters. The number of carboxylic acids is 1. The highest BCUT2D eigenvalue weighted by atomic mass is 16.4. The third kappa shape index (κ3) is 4.06. The van der Waals surface area contributed by atoms with Gasteiger partial charge in [0.05, 0.1) is 12.3 Å². The van der Waals surface area contributed by atoms with Crippen molar-refractivity contribution < 1.29 is 14.7 Å². The molecule has 1 amide bonds. The fourth-order valence-electron chi connectivity index (χ4n) is 2.91. The Balaban J connectivity index is 1.99. The predicted octanol–water partition coefficient (Wildman–Crippen LogP) is 2.36. The average Bonchev–Trinajstić information content (AvgIpc) is 2.47. The fourth-order valence-corrected chi connectivity index (χ4v) is 2.91. The number of amides is 1. The lowest BCUT2D eigenvalue weighted by molar-refractivity contribution is -0.146. The molecule has 1 saturated heterocycles. The molecule has 1 aliphatic heterocycles. The number of rotatable bonds is 4. The first-order valence-electron chi connectivity index (χ1n) is 7.58. The molecule has 0 aromatic heterocycles. The molecule has 114 valence electrons. The van der Waals surface area contributed by atoms with Crippen LogP contribution >= 0.6 is 0 Å². The topological polar surface area (TPSA) is 57.6 Å². The smallest absolute Gasteiger partial charge is 0.308 e. The predicted molar refractivity (Wildman–Crippen MR) is 81.0 cm³/mol. The normalized spacial score (nSPS) is 22.1. The van der Waals surface area contributed by atoms with E-state index in [1.807, 2.05) is 31.2 Å². The van der Waals surface area contributed by atoms with Crippen LogP contribution in [0.5, 0.6) is 0 Å². The Morgan fingerprint density at radius 3 is 2.38 bits per heavy atom. The van der Waals surface area contributed by atoms with Crippen molar-refractivity contribution in [1.82, 2.24) is 4.90 Å². The van der Waals surface area contributed by atoms with Gasteiger partial charge in [0, 0.05) is 13.1 Å². The van der Waals surface area contributed by atoms with Crippen LogP contribution < -0.4 is 0 Å². The Kier molecular flexibility index (Phi) is 4.99. The summed E-state index contributed by atoms with van der Waals surface area (Å²) >= 11 is 0. The molecule has 0 bridgehead atoms. The second-order valence-corrected chi connectivity index (χ2v) is 6.02. The van der Waals surface area contributed by atoms with Crippen LogP contribution in [0.15, 0.2) is 24.3 Å². The quantitative estimate of drug-likeness (QED) is 0.925. The van der Waals surface area contributed by atoms with E-state index in [1.54, 1.807) is 4.90 Å². The van der Waals surface area contributed by atoms with Crippen LogP contribution in [-0.4, -0.2) is 35.0 Å². The number of carbonyl (C=O) groups excluding carboxylic acids is 1. The zero-order chi connectivity index (χ0) is 15.4. The van der Waals surface area contributed by atoms with E-state index in [0.717, 1.165) is 12.0 Å². The van der Waals surface area contributed by atoms with Crippen LogP contribution in [-0.2, 0) is 22.4 Å². The molecule has 1 aromatic rings. The molecule has 1 fully saturated rings. The van der Waals surface area contributed by atoms with Crippen molar-refractivity contribution in [2.45, 2.75) is 33.1 Å². The van der Waals surface area contributed by atoms with Gasteiger partial charge in [0.2, 0.25) is 5.91 Å². The number of carboxylic acid groups (broad SMARTS) is 1. The van der Waals surface area contributed by atoms with Crippen molar-refractivity contribution in [3.63, 3.8) is 0 Å². The minimum absolute atomic E-state index is 0.0250. The zero-order valence-electron chi connectivity index (χ0n) is 12.7. The summed E-state index contributed by atoms with van der Waals surface area (Å²) in [6, 6.07) is 8.06. The minimum Gasteiger partial charge on any atom is -0.481 e. The van der Waals surface area contributed by atoms with Crippen molar-refractivity contribution in [1.29, 1.82) is 0 Å². The summed E-state index contributed by atoms with van der Waals surface area (Å²) in [6.07, 6.45) is 1.99. The molecule has 0 spiro atoms. The number of aliphatic carboxylic acids is 1. The summed E-state index contributed by atoms with van der Waals surface area (Å²) in [4.78, 5) is 25.2. The lowest BCUT2D eigenvalue weighted by Gasteiger charge is -2.34. The first-order valence-corrected chi connectivity index (χ1v) is 7.58. The first-order chi connectivity index (χ1) is 9.99. The van der Waals surface area contributed by atoms with E-state index in [-0.39, 0.29) is 11.8 Å². The highest BCUT2D eigenvalue weighted by molar-refractivity contribution is 5.80. The van der Waals surface area contributed by atoms with Gasteiger partial charge in [0.1, 0.15) is 0 Å². The monoisotopic (exact) mass is 289 g/mol. The van der Waals surface area contributed by atoms with Gasteiger partial charge in [-0.05, 0) is 29.9 Å². The number of aryl methyl sites for hydroxylation is 1. The van der Waals surface area contributed by atoms with Crippen LogP contribution in [0.25, 0.3) is 0 Å². The number of carbonyl (C=O) groups is 2. The van der Waals surface area contributed by atoms with E-state index in [9.17, 15) is 9.59 Å². The minimum atomic E-state index is -0.799. The summed E-state index contributed by atoms with van der Waals surface area (Å²) in [6.45, 7) is 5.11. The molecule has 1 aliphatic rings. The van der Waals surface area contributed by atoms with Crippen LogP contribution in [0.3, 0.4) is 0 Å². The molecule has 2 rings (SSSR count). The van der Waals surface area contributed by atoms with Gasteiger partial charge in [-0.15, -0.1) is 0 Å². The number of hydrogen-bond acceptors (Lipinski definition) is 2. The molecule has 0 aliphatic carbocycles. The maximum absolute atomic E-state index is 12.4. The van der Waals surface area contributed by atoms with E-state index in [2.05, 4.69) is 6.92 Å². The fraction of sp³-hybridized carbons (Fsp3) is 0.529. The van der Waals surface area contributed by atoms with Crippen LogP contribution in [0, 0.1) is 11.8 Å². The van der Waals surface area contributed by atoms with Gasteiger partial charge in [0.25, 0.3) is 0 Å². The summed E-state index contributed by atoms with van der Waals surface area (Å²) in [5, 5.41) is 9.17. The summed E-state index contributed by atoms with van der Waals surface area (Å²) in [5.41, 5.74) is 2.24. The SMILES string of the molecule is CCc1ccc(CC(=O)N2CC(C)CC(C(=O)O)C2)cc1. The molecule has 2 atom stereocenters. The molecule has 21 heavy (non-hydrogen) atoms. The number of likely N-dealkylation sites (tertiary alicyclic amines) is 1. The maximum atomic E-state index is 12.4. The van der Waals surface area contributed by atoms with E-state index < -0.39 is 11.9 Å². The summed E-state index contributed by atoms with van der Waals surface area (Å²) in [5.74, 6) is -0.963. The van der Waals surface area contributed by atoms with Gasteiger partial charge in [0.15, 0.2) is 0 Å². The van der Waals surface area contributed by atoms with Gasteiger partial charge < -0.3 is 10.0 Å². The second kappa shape index (κ2) is 6.74. The van der Waals surface area contributed by atoms with Crippen molar-refractivity contribution in [3.05, 3.63) is 35.4 Å². The highest BCUT2D eigenvalue weighted by Gasteiger charge is 2.31. The third-order valence-electron chi connectivity index (χ3n) is 4.15. The largest absolute Gasteiger partial charge is 0.481 e. The number of benzene rings is 1. The van der Waals surface area contributed by atoms with E-state index in [0.29, 0.717) is 25.9 Å². The van der Waals surface area contributed by atoms with Gasteiger partial charge in [-0.25, -0.2) is 0 Å². The Hall–Kier alpha value is -1.84. The molecule has 1 aromatic carbocycles. The molecule has 4 nitrogen and oxygen atoms in total. The van der Waals surface area contributed by atoms with E-state index in [4.69, 9.17) is 5.11 Å². The van der Waals surface area contributed by atoms with E-state index >= 15 is 0 Å². The molecular weight excluding hydrogens is 266 g/mol. The van der Waals surface area contributed by atoms with Crippen molar-refractivity contribution in [2.24, 2.45) is 11.8 Å². The number of hydrogen-bond donors (Lipinski definition) is 1. The maximum Gasteiger partial charge on any atom is 0.308 e. The first kappa shape index (κ1) is 15.5. The summed E-state index contributed by atoms with van der Waals surface area (Å²) < 4.78 is 0. The van der Waals surface area contributed by atoms with Gasteiger partial charge in [-0.3, -0.25) is 9.59 Å². The molecular formula is C17H23NO3. The third-order valence-corrected chi connectivity index (χ3v) is 4.15. The standard InChI is InChI=1S/C17H23NO3/c1-3-13-4-6-14(7-5-13)9-16(19)18-10-12(2)8-15(11-18)17(20)21/h4-7,12,15H,3,8-11H2,1-2H3,(H,20,21). The van der Waals surface area contributed by atoms with Crippen molar-refractivity contribution >= 4 is 11.9 Å². The molecule has 4 heteroatoms. The lowest BCUT2D eigenvalue weighted by Crippen LogP contribution is -2.46. The Labute approximate surface area is 125 Å². The van der Waals surface area contributed by atoms with Crippen molar-refractivity contribution in [3.8, 4) is 0 Å². The van der Waals surface area contributed by atoms with E-state index in [1.165, 1.54) is 5.56 Å². The van der Waals surface area contributed by atoms with Gasteiger partial charge >= 0.3 is 5.97 Å². The number of nitrogens with zero attached hydrogens (tertiary/aromatic N) is 1. The number of piperidine rings is 1. The molecule has 1 heterocycles. The molecule has 1 N–H and O–H groups in total. The van der Waals surface area contributed by atoms with Crippen LogP contribution in [0.4, 0.5) is 0 Å². The van der Waals surface area contributed by atoms with Gasteiger partial charge in [-0.1, -0.05) is 38.1 Å². The Morgan fingerprint density at radius 2 is 1.81 bits per heavy atom. The Morgan fingerprint density at radius 1 is 1.19 bits per heavy atom. The lowest BCUT2D eigenvalue weighted by atomic mass is 9.90. The zero-order valence-corrected chi connectivity index (χ0v) is 12.7. The molecule has 0 radical (unpaired) electrons. The Bertz CT molecular complexity index is 509. The van der Waals surface area contributed by atoms with Crippen LogP contribution in [0.1, 0.15) is 31.4 Å². The second-order valence-electron chi connectivity index (χ2n) is 6.02.